The average Bonchev–Trinajstić information content (AvgIpc) is 3.18. The Hall–Kier alpha value is -2.47. The predicted octanol–water partition coefficient (Wildman–Crippen LogP) is 2.92. The van der Waals surface area contributed by atoms with Crippen molar-refractivity contribution in [1.82, 2.24) is 5.43 Å². The van der Waals surface area contributed by atoms with Crippen LogP contribution in [-0.2, 0) is 21.1 Å². The van der Waals surface area contributed by atoms with Crippen molar-refractivity contribution >= 4 is 21.5 Å². The molecule has 0 saturated carbocycles. The van der Waals surface area contributed by atoms with E-state index in [0.717, 1.165) is 17.7 Å². The number of carbonyl (C=O) groups excluding carboxylic acids is 1. The van der Waals surface area contributed by atoms with Crippen molar-refractivity contribution in [2.24, 2.45) is 11.0 Å². The summed E-state index contributed by atoms with van der Waals surface area (Å²) in [5, 5.41) is 4.22. The first-order valence-corrected chi connectivity index (χ1v) is 11.0. The van der Waals surface area contributed by atoms with E-state index in [9.17, 15) is 13.2 Å². The van der Waals surface area contributed by atoms with E-state index in [0.29, 0.717) is 6.42 Å². The van der Waals surface area contributed by atoms with Gasteiger partial charge in [-0.15, -0.1) is 0 Å². The molecule has 1 aliphatic heterocycles. The molecule has 27 heavy (non-hydrogen) atoms. The van der Waals surface area contributed by atoms with Gasteiger partial charge in [0.05, 0.1) is 17.2 Å². The third-order valence-corrected chi connectivity index (χ3v) is 7.20. The van der Waals surface area contributed by atoms with E-state index < -0.39 is 9.84 Å². The lowest BCUT2D eigenvalue weighted by Gasteiger charge is -2.08. The number of hydrogen-bond acceptors (Lipinski definition) is 4. The molecule has 1 amide bonds. The van der Waals surface area contributed by atoms with Crippen molar-refractivity contribution in [2.75, 3.05) is 11.5 Å². The van der Waals surface area contributed by atoms with Crippen LogP contribution in [0.3, 0.4) is 0 Å². The van der Waals surface area contributed by atoms with E-state index in [4.69, 9.17) is 0 Å². The summed E-state index contributed by atoms with van der Waals surface area (Å²) < 4.78 is 23.0. The van der Waals surface area contributed by atoms with E-state index >= 15 is 0 Å². The Kier molecular flexibility index (Phi) is 4.60. The van der Waals surface area contributed by atoms with Crippen molar-refractivity contribution in [3.8, 4) is 11.1 Å². The van der Waals surface area contributed by atoms with Gasteiger partial charge in [-0.25, -0.2) is 13.8 Å². The number of hydrogen-bond donors (Lipinski definition) is 1. The molecule has 2 aromatic carbocycles. The highest BCUT2D eigenvalue weighted by Gasteiger charge is 2.29. The summed E-state index contributed by atoms with van der Waals surface area (Å²) in [6.45, 7) is 1.87. The summed E-state index contributed by atoms with van der Waals surface area (Å²) in [7, 11) is -2.96. The van der Waals surface area contributed by atoms with Crippen LogP contribution in [0.5, 0.6) is 0 Å². The van der Waals surface area contributed by atoms with Crippen molar-refractivity contribution in [3.05, 3.63) is 59.2 Å². The van der Waals surface area contributed by atoms with E-state index in [1.807, 2.05) is 13.0 Å². The van der Waals surface area contributed by atoms with Gasteiger partial charge in [0.25, 0.3) is 0 Å². The third kappa shape index (κ3) is 3.81. The summed E-state index contributed by atoms with van der Waals surface area (Å²) in [4.78, 5) is 12.1. The minimum Gasteiger partial charge on any atom is -0.273 e. The number of benzene rings is 2. The second-order valence-corrected chi connectivity index (χ2v) is 9.64. The fourth-order valence-electron chi connectivity index (χ4n) is 3.92. The second kappa shape index (κ2) is 6.93. The smallest absolute Gasteiger partial charge is 0.240 e. The molecule has 1 N–H and O–H groups in total. The van der Waals surface area contributed by atoms with Crippen LogP contribution in [0.15, 0.2) is 47.6 Å². The monoisotopic (exact) mass is 382 g/mol. The predicted molar refractivity (Wildman–Crippen MR) is 106 cm³/mol. The largest absolute Gasteiger partial charge is 0.273 e. The Labute approximate surface area is 159 Å². The Bertz CT molecular complexity index is 1040. The van der Waals surface area contributed by atoms with Gasteiger partial charge in [-0.1, -0.05) is 36.4 Å². The Morgan fingerprint density at radius 3 is 2.70 bits per heavy atom. The number of sulfone groups is 1. The lowest BCUT2D eigenvalue weighted by Crippen LogP contribution is -2.22. The number of nitrogens with one attached hydrogen (secondary N) is 1. The number of hydrazone groups is 1. The molecule has 0 radical (unpaired) electrons. The molecule has 2 aromatic rings. The van der Waals surface area contributed by atoms with E-state index in [1.165, 1.54) is 22.3 Å². The molecule has 1 fully saturated rings. The molecule has 6 heteroatoms. The standard InChI is InChI=1S/C21H22N2O3S/c1-14(22-23-21(24)10-15-8-9-27(25,26)13-15)16-6-7-20-18(11-16)12-17-4-2-3-5-19(17)20/h2-7,11,15H,8-10,12-13H2,1H3,(H,23,24)/b22-14-/t15-/m1/s1. The maximum Gasteiger partial charge on any atom is 0.240 e. The van der Waals surface area contributed by atoms with Crippen LogP contribution in [0, 0.1) is 5.92 Å². The van der Waals surface area contributed by atoms with Crippen molar-refractivity contribution in [1.29, 1.82) is 0 Å². The van der Waals surface area contributed by atoms with Gasteiger partial charge in [-0.05, 0) is 59.6 Å². The number of fused-ring (bicyclic) bond motifs is 3. The highest BCUT2D eigenvalue weighted by Crippen LogP contribution is 2.36. The summed E-state index contributed by atoms with van der Waals surface area (Å²) in [6.07, 6.45) is 1.68. The van der Waals surface area contributed by atoms with Gasteiger partial charge in [0.15, 0.2) is 9.84 Å². The van der Waals surface area contributed by atoms with Crippen molar-refractivity contribution < 1.29 is 13.2 Å². The maximum absolute atomic E-state index is 12.1. The van der Waals surface area contributed by atoms with E-state index in [2.05, 4.69) is 46.9 Å². The molecule has 0 spiro atoms. The van der Waals surface area contributed by atoms with Gasteiger partial charge >= 0.3 is 0 Å². The summed E-state index contributed by atoms with van der Waals surface area (Å²) >= 11 is 0. The quantitative estimate of drug-likeness (QED) is 0.557. The Morgan fingerprint density at radius 1 is 1.15 bits per heavy atom. The van der Waals surface area contributed by atoms with Crippen LogP contribution in [0.4, 0.5) is 0 Å². The number of amides is 1. The normalized spacial score (nSPS) is 20.2. The van der Waals surface area contributed by atoms with Crippen LogP contribution < -0.4 is 5.43 Å². The first kappa shape index (κ1) is 17.9. The maximum atomic E-state index is 12.1. The van der Waals surface area contributed by atoms with Crippen LogP contribution in [-0.4, -0.2) is 31.5 Å². The van der Waals surface area contributed by atoms with Crippen LogP contribution >= 0.6 is 0 Å². The molecular formula is C21H22N2O3S. The lowest BCUT2D eigenvalue weighted by molar-refractivity contribution is -0.121. The average molecular weight is 382 g/mol. The van der Waals surface area contributed by atoms with Gasteiger partial charge in [0.1, 0.15) is 0 Å². The van der Waals surface area contributed by atoms with E-state index in [-0.39, 0.29) is 29.8 Å². The van der Waals surface area contributed by atoms with Gasteiger partial charge in [-0.3, -0.25) is 4.79 Å². The van der Waals surface area contributed by atoms with Crippen molar-refractivity contribution in [3.63, 3.8) is 0 Å². The molecular weight excluding hydrogens is 360 g/mol. The minimum absolute atomic E-state index is 0.0935. The van der Waals surface area contributed by atoms with Crippen LogP contribution in [0.25, 0.3) is 11.1 Å². The highest BCUT2D eigenvalue weighted by molar-refractivity contribution is 7.91. The molecule has 2 aliphatic rings. The fraction of sp³-hybridized carbons (Fsp3) is 0.333. The van der Waals surface area contributed by atoms with Gasteiger partial charge < -0.3 is 0 Å². The Balaban J connectivity index is 1.42. The molecule has 0 aromatic heterocycles. The molecule has 0 unspecified atom stereocenters. The lowest BCUT2D eigenvalue weighted by atomic mass is 10.0. The Morgan fingerprint density at radius 2 is 1.93 bits per heavy atom. The second-order valence-electron chi connectivity index (χ2n) is 7.41. The minimum atomic E-state index is -2.96. The topological polar surface area (TPSA) is 75.6 Å². The van der Waals surface area contributed by atoms with Gasteiger partial charge in [0, 0.05) is 6.42 Å². The third-order valence-electron chi connectivity index (χ3n) is 5.36. The zero-order valence-corrected chi connectivity index (χ0v) is 16.1. The summed E-state index contributed by atoms with van der Waals surface area (Å²) in [6, 6.07) is 14.7. The van der Waals surface area contributed by atoms with Gasteiger partial charge in [-0.2, -0.15) is 5.10 Å². The van der Waals surface area contributed by atoms with E-state index in [1.54, 1.807) is 0 Å². The van der Waals surface area contributed by atoms with Crippen LogP contribution in [0.1, 0.15) is 36.5 Å². The molecule has 1 atom stereocenters. The molecule has 1 aliphatic carbocycles. The molecule has 1 heterocycles. The molecule has 4 rings (SSSR count). The first-order chi connectivity index (χ1) is 12.9. The molecule has 0 bridgehead atoms. The summed E-state index contributed by atoms with van der Waals surface area (Å²) in [5.41, 5.74) is 9.43. The molecule has 1 saturated heterocycles. The number of nitrogens with zero attached hydrogens (tertiary/aromatic N) is 1. The van der Waals surface area contributed by atoms with Gasteiger partial charge in [0.2, 0.25) is 5.91 Å². The zero-order valence-electron chi connectivity index (χ0n) is 15.2. The molecule has 5 nitrogen and oxygen atoms in total. The number of carbonyl (C=O) groups is 1. The zero-order chi connectivity index (χ0) is 19.0. The fourth-order valence-corrected chi connectivity index (χ4v) is 5.78. The number of rotatable bonds is 4. The molecule has 140 valence electrons. The van der Waals surface area contributed by atoms with Crippen LogP contribution in [0.2, 0.25) is 0 Å². The summed E-state index contributed by atoms with van der Waals surface area (Å²) in [5.74, 6) is -0.0341. The first-order valence-electron chi connectivity index (χ1n) is 9.16. The SMILES string of the molecule is C/C(=N/NC(=O)C[C@H]1CCS(=O)(=O)C1)c1ccc2c(c1)Cc1ccccc1-2. The highest BCUT2D eigenvalue weighted by atomic mass is 32.2. The van der Waals surface area contributed by atoms with Crippen molar-refractivity contribution in [2.45, 2.75) is 26.2 Å².